The fourth-order valence-electron chi connectivity index (χ4n) is 3.94. The van der Waals surface area contributed by atoms with Crippen molar-refractivity contribution in [1.29, 1.82) is 0 Å². The molecule has 0 radical (unpaired) electrons. The van der Waals surface area contributed by atoms with Crippen LogP contribution in [0.25, 0.3) is 27.4 Å². The molecular weight excluding hydrogens is 508 g/mol. The number of carbonyl (C=O) groups excluding carboxylic acids is 1. The maximum absolute atomic E-state index is 13.3. The third kappa shape index (κ3) is 5.21. The number of hydrazone groups is 1. The lowest BCUT2D eigenvalue weighted by Crippen LogP contribution is -2.24. The normalized spacial score (nSPS) is 11.3. The van der Waals surface area contributed by atoms with Gasteiger partial charge in [-0.15, -0.1) is 0 Å². The first-order valence-electron chi connectivity index (χ1n) is 11.3. The highest BCUT2D eigenvalue weighted by molar-refractivity contribution is 7.99. The number of thioether (sulfide) groups is 1. The van der Waals surface area contributed by atoms with Gasteiger partial charge < -0.3 is 4.74 Å². The minimum absolute atomic E-state index is 0.00236. The largest absolute Gasteiger partial charge is 0.496 e. The van der Waals surface area contributed by atoms with Crippen molar-refractivity contribution >= 4 is 57.2 Å². The van der Waals surface area contributed by atoms with Crippen LogP contribution in [-0.2, 0) is 4.79 Å². The summed E-state index contributed by atoms with van der Waals surface area (Å²) in [6.07, 6.45) is 1.57. The first-order valence-corrected chi connectivity index (χ1v) is 12.7. The summed E-state index contributed by atoms with van der Waals surface area (Å²) in [7, 11) is 1.59. The second-order valence-corrected chi connectivity index (χ2v) is 9.39. The van der Waals surface area contributed by atoms with Crippen molar-refractivity contribution in [2.75, 3.05) is 12.9 Å². The lowest BCUT2D eigenvalue weighted by atomic mass is 10.0. The van der Waals surface area contributed by atoms with Crippen molar-refractivity contribution in [2.45, 2.75) is 5.16 Å². The van der Waals surface area contributed by atoms with Gasteiger partial charge in [-0.25, -0.2) is 10.4 Å². The second kappa shape index (κ2) is 10.9. The molecular formula is C28H21ClN4O3S. The lowest BCUT2D eigenvalue weighted by molar-refractivity contribution is -0.118. The molecule has 0 bridgehead atoms. The molecule has 0 saturated carbocycles. The van der Waals surface area contributed by atoms with E-state index in [2.05, 4.69) is 15.5 Å². The molecule has 1 N–H and O–H groups in total. The molecule has 0 saturated heterocycles. The van der Waals surface area contributed by atoms with E-state index in [4.69, 9.17) is 16.3 Å². The number of nitrogens with zero attached hydrogens (tertiary/aromatic N) is 3. The Kier molecular flexibility index (Phi) is 7.20. The van der Waals surface area contributed by atoms with Gasteiger partial charge in [0.05, 0.1) is 35.7 Å². The Balaban J connectivity index is 1.38. The van der Waals surface area contributed by atoms with Crippen LogP contribution in [-0.4, -0.2) is 34.5 Å². The van der Waals surface area contributed by atoms with Gasteiger partial charge in [0.15, 0.2) is 5.16 Å². The van der Waals surface area contributed by atoms with E-state index in [1.165, 1.54) is 4.57 Å². The highest BCUT2D eigenvalue weighted by atomic mass is 35.5. The monoisotopic (exact) mass is 528 g/mol. The maximum Gasteiger partial charge on any atom is 0.266 e. The number of hydrogen-bond donors (Lipinski definition) is 1. The van der Waals surface area contributed by atoms with Crippen LogP contribution >= 0.6 is 23.4 Å². The molecule has 5 aromatic rings. The second-order valence-electron chi connectivity index (χ2n) is 8.01. The Bertz CT molecular complexity index is 1700. The number of amides is 1. The molecule has 0 aliphatic heterocycles. The summed E-state index contributed by atoms with van der Waals surface area (Å²) in [5, 5.41) is 7.58. The molecule has 0 fully saturated rings. The Morgan fingerprint density at radius 2 is 1.76 bits per heavy atom. The third-order valence-corrected chi connectivity index (χ3v) is 6.89. The van der Waals surface area contributed by atoms with Crippen LogP contribution in [0.5, 0.6) is 5.75 Å². The SMILES string of the molecule is COc1ccc2ccccc2c1/C=N/NC(=O)CSc1nc2ccccc2c(=O)n1-c1ccc(Cl)cc1. The summed E-state index contributed by atoms with van der Waals surface area (Å²) >= 11 is 7.19. The van der Waals surface area contributed by atoms with Crippen LogP contribution < -0.4 is 15.7 Å². The molecule has 1 aromatic heterocycles. The number of ether oxygens (including phenoxy) is 1. The van der Waals surface area contributed by atoms with E-state index in [0.29, 0.717) is 32.5 Å². The zero-order valence-electron chi connectivity index (χ0n) is 19.7. The molecule has 7 nitrogen and oxygen atoms in total. The molecule has 0 atom stereocenters. The molecule has 184 valence electrons. The zero-order valence-corrected chi connectivity index (χ0v) is 21.3. The Morgan fingerprint density at radius 3 is 2.54 bits per heavy atom. The van der Waals surface area contributed by atoms with E-state index in [9.17, 15) is 9.59 Å². The number of carbonyl (C=O) groups is 1. The predicted molar refractivity (Wildman–Crippen MR) is 149 cm³/mol. The van der Waals surface area contributed by atoms with Gasteiger partial charge in [-0.05, 0) is 53.2 Å². The number of halogens is 1. The summed E-state index contributed by atoms with van der Waals surface area (Å²) in [4.78, 5) is 30.6. The van der Waals surface area contributed by atoms with Gasteiger partial charge in [0.2, 0.25) is 0 Å². The third-order valence-electron chi connectivity index (χ3n) is 5.70. The van der Waals surface area contributed by atoms with E-state index >= 15 is 0 Å². The van der Waals surface area contributed by atoms with E-state index in [0.717, 1.165) is 28.1 Å². The van der Waals surface area contributed by atoms with E-state index < -0.39 is 0 Å². The van der Waals surface area contributed by atoms with E-state index in [-0.39, 0.29) is 17.2 Å². The van der Waals surface area contributed by atoms with Gasteiger partial charge in [-0.3, -0.25) is 14.2 Å². The summed E-state index contributed by atoms with van der Waals surface area (Å²) in [5.41, 5.74) is 4.26. The van der Waals surface area contributed by atoms with Crippen LogP contribution in [0.15, 0.2) is 100.0 Å². The van der Waals surface area contributed by atoms with Crippen LogP contribution in [0.3, 0.4) is 0 Å². The van der Waals surface area contributed by atoms with Crippen molar-refractivity contribution in [3.05, 3.63) is 106 Å². The number of methoxy groups -OCH3 is 1. The molecule has 0 spiro atoms. The molecule has 1 amide bonds. The van der Waals surface area contributed by atoms with Crippen LogP contribution in [0.1, 0.15) is 5.56 Å². The van der Waals surface area contributed by atoms with Crippen molar-refractivity contribution in [3.8, 4) is 11.4 Å². The van der Waals surface area contributed by atoms with Crippen LogP contribution in [0, 0.1) is 0 Å². The Hall–Kier alpha value is -4.14. The molecule has 9 heteroatoms. The fraction of sp³-hybridized carbons (Fsp3) is 0.0714. The molecule has 4 aromatic carbocycles. The topological polar surface area (TPSA) is 85.6 Å². The minimum Gasteiger partial charge on any atom is -0.496 e. The first kappa shape index (κ1) is 24.5. The van der Waals surface area contributed by atoms with Crippen molar-refractivity contribution in [2.24, 2.45) is 5.10 Å². The number of benzene rings is 4. The lowest BCUT2D eigenvalue weighted by Gasteiger charge is -2.13. The summed E-state index contributed by atoms with van der Waals surface area (Å²) in [6, 6.07) is 25.7. The fourth-order valence-corrected chi connectivity index (χ4v) is 4.88. The number of hydrogen-bond acceptors (Lipinski definition) is 6. The molecule has 0 aliphatic carbocycles. The quantitative estimate of drug-likeness (QED) is 0.131. The average molecular weight is 529 g/mol. The maximum atomic E-state index is 13.3. The number of nitrogens with one attached hydrogen (secondary N) is 1. The molecule has 5 rings (SSSR count). The molecule has 1 heterocycles. The molecule has 0 aliphatic rings. The highest BCUT2D eigenvalue weighted by Gasteiger charge is 2.15. The van der Waals surface area contributed by atoms with Gasteiger partial charge in [0, 0.05) is 10.6 Å². The zero-order chi connectivity index (χ0) is 25.8. The summed E-state index contributed by atoms with van der Waals surface area (Å²) in [6.45, 7) is 0. The number of aromatic nitrogens is 2. The van der Waals surface area contributed by atoms with Gasteiger partial charge in [0.25, 0.3) is 11.5 Å². The number of fused-ring (bicyclic) bond motifs is 2. The van der Waals surface area contributed by atoms with Crippen molar-refractivity contribution in [1.82, 2.24) is 15.0 Å². The minimum atomic E-state index is -0.342. The molecule has 0 unspecified atom stereocenters. The van der Waals surface area contributed by atoms with Gasteiger partial charge in [-0.1, -0.05) is 65.8 Å². The van der Waals surface area contributed by atoms with E-state index in [1.807, 2.05) is 42.5 Å². The Labute approximate surface area is 221 Å². The number of rotatable bonds is 7. The summed E-state index contributed by atoms with van der Waals surface area (Å²) in [5.74, 6) is 0.312. The average Bonchev–Trinajstić information content (AvgIpc) is 2.93. The highest BCUT2D eigenvalue weighted by Crippen LogP contribution is 2.26. The Morgan fingerprint density at radius 1 is 1.03 bits per heavy atom. The van der Waals surface area contributed by atoms with E-state index in [1.54, 1.807) is 55.8 Å². The predicted octanol–water partition coefficient (Wildman–Crippen LogP) is 5.44. The van der Waals surface area contributed by atoms with Crippen LogP contribution in [0.2, 0.25) is 5.02 Å². The van der Waals surface area contributed by atoms with Crippen LogP contribution in [0.4, 0.5) is 0 Å². The van der Waals surface area contributed by atoms with Gasteiger partial charge >= 0.3 is 0 Å². The summed E-state index contributed by atoms with van der Waals surface area (Å²) < 4.78 is 6.96. The standard InChI is InChI=1S/C28H21ClN4O3S/c1-36-25-15-10-18-6-2-3-7-21(18)23(25)16-30-32-26(34)17-37-28-31-24-9-5-4-8-22(24)27(35)33(28)20-13-11-19(29)12-14-20/h2-16H,17H2,1H3,(H,32,34)/b30-16+. The van der Waals surface area contributed by atoms with Gasteiger partial charge in [-0.2, -0.15) is 5.10 Å². The number of para-hydroxylation sites is 1. The van der Waals surface area contributed by atoms with Gasteiger partial charge in [0.1, 0.15) is 5.75 Å². The smallest absolute Gasteiger partial charge is 0.266 e. The molecule has 37 heavy (non-hydrogen) atoms. The van der Waals surface area contributed by atoms with Crippen molar-refractivity contribution in [3.63, 3.8) is 0 Å². The first-order chi connectivity index (χ1) is 18.0. The van der Waals surface area contributed by atoms with Crippen molar-refractivity contribution < 1.29 is 9.53 Å².